The number of halogens is 9. The Morgan fingerprint density at radius 3 is 1.29 bits per heavy atom. The maximum absolute atomic E-state index is 12.8. The standard InChI is InChI=1S/C7H7F9O/c8-4(9,1-2-17)3-5(10,6(11,12)13)7(14,15)16/h17H,1-3H2. The van der Waals surface area contributed by atoms with Crippen LogP contribution in [0.4, 0.5) is 39.5 Å². The van der Waals surface area contributed by atoms with E-state index in [1.165, 1.54) is 0 Å². The lowest BCUT2D eigenvalue weighted by atomic mass is 9.94. The highest BCUT2D eigenvalue weighted by Crippen LogP contribution is 2.51. The van der Waals surface area contributed by atoms with Gasteiger partial charge >= 0.3 is 18.0 Å². The van der Waals surface area contributed by atoms with Gasteiger partial charge in [-0.15, -0.1) is 0 Å². The molecule has 10 heteroatoms. The minimum absolute atomic E-state index is 1.36. The van der Waals surface area contributed by atoms with Crippen LogP contribution in [-0.4, -0.2) is 35.7 Å². The molecule has 0 aromatic rings. The minimum atomic E-state index is -6.51. The second-order valence-electron chi connectivity index (χ2n) is 3.30. The Labute approximate surface area is 89.2 Å². The topological polar surface area (TPSA) is 20.2 Å². The normalized spacial score (nSPS) is 15.2. The highest BCUT2D eigenvalue weighted by molar-refractivity contribution is 4.98. The van der Waals surface area contributed by atoms with E-state index in [9.17, 15) is 39.5 Å². The predicted molar refractivity (Wildman–Crippen MR) is 37.2 cm³/mol. The average molecular weight is 278 g/mol. The summed E-state index contributed by atoms with van der Waals surface area (Å²) in [5.74, 6) is -4.62. The molecule has 0 aliphatic heterocycles. The summed E-state index contributed by atoms with van der Waals surface area (Å²) in [4.78, 5) is 0. The number of alkyl halides is 9. The van der Waals surface area contributed by atoms with Crippen LogP contribution in [0.1, 0.15) is 12.8 Å². The molecule has 0 radical (unpaired) electrons. The summed E-state index contributed by atoms with van der Waals surface area (Å²) in [5.41, 5.74) is -6.00. The van der Waals surface area contributed by atoms with Crippen molar-refractivity contribution in [1.29, 1.82) is 0 Å². The van der Waals surface area contributed by atoms with Crippen LogP contribution in [0.15, 0.2) is 0 Å². The van der Waals surface area contributed by atoms with Gasteiger partial charge < -0.3 is 5.11 Å². The molecule has 0 saturated heterocycles. The van der Waals surface area contributed by atoms with Crippen LogP contribution < -0.4 is 0 Å². The number of rotatable bonds is 4. The van der Waals surface area contributed by atoms with Crippen molar-refractivity contribution in [1.82, 2.24) is 0 Å². The molecule has 0 spiro atoms. The van der Waals surface area contributed by atoms with Crippen molar-refractivity contribution >= 4 is 0 Å². The summed E-state index contributed by atoms with van der Waals surface area (Å²) < 4.78 is 109. The van der Waals surface area contributed by atoms with Crippen LogP contribution in [0.2, 0.25) is 0 Å². The second-order valence-corrected chi connectivity index (χ2v) is 3.30. The molecule has 0 amide bonds. The molecule has 0 saturated carbocycles. The quantitative estimate of drug-likeness (QED) is 0.783. The van der Waals surface area contributed by atoms with Gasteiger partial charge in [0.25, 0.3) is 5.92 Å². The number of aliphatic hydroxyl groups is 1. The fraction of sp³-hybridized carbons (Fsp3) is 1.00. The van der Waals surface area contributed by atoms with Gasteiger partial charge in [-0.1, -0.05) is 0 Å². The Bertz CT molecular complexity index is 239. The van der Waals surface area contributed by atoms with Crippen LogP contribution in [0.5, 0.6) is 0 Å². The molecular weight excluding hydrogens is 271 g/mol. The fourth-order valence-electron chi connectivity index (χ4n) is 0.970. The van der Waals surface area contributed by atoms with Crippen molar-refractivity contribution in [3.05, 3.63) is 0 Å². The molecule has 104 valence electrons. The monoisotopic (exact) mass is 278 g/mol. The molecule has 0 atom stereocenters. The molecule has 0 unspecified atom stereocenters. The molecule has 0 aromatic carbocycles. The van der Waals surface area contributed by atoms with Gasteiger partial charge in [-0.05, 0) is 0 Å². The fourth-order valence-corrected chi connectivity index (χ4v) is 0.970. The van der Waals surface area contributed by atoms with Gasteiger partial charge in [-0.3, -0.25) is 0 Å². The molecule has 1 nitrogen and oxygen atoms in total. The first-order valence-electron chi connectivity index (χ1n) is 4.08. The summed E-state index contributed by atoms with van der Waals surface area (Å²) in [5, 5.41) is 8.04. The molecule has 0 fully saturated rings. The van der Waals surface area contributed by atoms with Crippen LogP contribution in [0, 0.1) is 0 Å². The molecule has 1 N–H and O–H groups in total. The van der Waals surface area contributed by atoms with E-state index in [2.05, 4.69) is 0 Å². The number of hydrogen-bond donors (Lipinski definition) is 1. The van der Waals surface area contributed by atoms with E-state index in [1.54, 1.807) is 0 Å². The maximum atomic E-state index is 12.8. The minimum Gasteiger partial charge on any atom is -0.396 e. The Kier molecular flexibility index (Phi) is 4.36. The largest absolute Gasteiger partial charge is 0.431 e. The lowest BCUT2D eigenvalue weighted by Crippen LogP contribution is -2.56. The third kappa shape index (κ3) is 3.65. The summed E-state index contributed by atoms with van der Waals surface area (Å²) in [6.45, 7) is -1.36. The van der Waals surface area contributed by atoms with Crippen molar-refractivity contribution in [3.63, 3.8) is 0 Å². The van der Waals surface area contributed by atoms with Gasteiger partial charge in [0.2, 0.25) is 0 Å². The van der Waals surface area contributed by atoms with Crippen molar-refractivity contribution in [3.8, 4) is 0 Å². The van der Waals surface area contributed by atoms with Gasteiger partial charge in [-0.25, -0.2) is 13.2 Å². The SMILES string of the molecule is OCCC(F)(F)CC(F)(C(F)(F)F)C(F)(F)F. The zero-order valence-corrected chi connectivity index (χ0v) is 7.97. The first-order chi connectivity index (χ1) is 7.27. The highest BCUT2D eigenvalue weighted by atomic mass is 19.4. The van der Waals surface area contributed by atoms with Crippen LogP contribution in [-0.2, 0) is 0 Å². The van der Waals surface area contributed by atoms with Crippen molar-refractivity contribution in [2.24, 2.45) is 0 Å². The van der Waals surface area contributed by atoms with Gasteiger partial charge in [0.1, 0.15) is 0 Å². The molecule has 0 rings (SSSR count). The molecule has 0 heterocycles. The van der Waals surface area contributed by atoms with Gasteiger partial charge in [0, 0.05) is 13.0 Å². The van der Waals surface area contributed by atoms with Crippen molar-refractivity contribution < 1.29 is 44.6 Å². The van der Waals surface area contributed by atoms with E-state index in [0.29, 0.717) is 0 Å². The zero-order valence-electron chi connectivity index (χ0n) is 7.97. The molecule has 0 aromatic heterocycles. The van der Waals surface area contributed by atoms with E-state index in [0.717, 1.165) is 0 Å². The zero-order chi connectivity index (χ0) is 14.1. The van der Waals surface area contributed by atoms with Gasteiger partial charge in [0.15, 0.2) is 0 Å². The number of hydrogen-bond acceptors (Lipinski definition) is 1. The van der Waals surface area contributed by atoms with E-state index in [-0.39, 0.29) is 0 Å². The Balaban J connectivity index is 5.26. The smallest absolute Gasteiger partial charge is 0.396 e. The van der Waals surface area contributed by atoms with Crippen LogP contribution in [0.25, 0.3) is 0 Å². The van der Waals surface area contributed by atoms with Crippen LogP contribution >= 0.6 is 0 Å². The van der Waals surface area contributed by atoms with E-state index < -0.39 is 43.4 Å². The Morgan fingerprint density at radius 1 is 0.706 bits per heavy atom. The molecular formula is C7H7F9O. The first-order valence-corrected chi connectivity index (χ1v) is 4.08. The second kappa shape index (κ2) is 4.54. The molecule has 0 aliphatic carbocycles. The van der Waals surface area contributed by atoms with Crippen molar-refractivity contribution in [2.75, 3.05) is 6.61 Å². The predicted octanol–water partition coefficient (Wildman–Crippen LogP) is 3.23. The van der Waals surface area contributed by atoms with Crippen molar-refractivity contribution in [2.45, 2.75) is 36.8 Å². The van der Waals surface area contributed by atoms with E-state index >= 15 is 0 Å². The number of aliphatic hydroxyl groups excluding tert-OH is 1. The van der Waals surface area contributed by atoms with Gasteiger partial charge in [-0.2, -0.15) is 26.3 Å². The Hall–Kier alpha value is -0.670. The van der Waals surface area contributed by atoms with E-state index in [4.69, 9.17) is 5.11 Å². The summed E-state index contributed by atoms with van der Waals surface area (Å²) in [6.07, 6.45) is -17.8. The summed E-state index contributed by atoms with van der Waals surface area (Å²) >= 11 is 0. The Morgan fingerprint density at radius 2 is 1.06 bits per heavy atom. The average Bonchev–Trinajstić information content (AvgIpc) is 1.97. The lowest BCUT2D eigenvalue weighted by Gasteiger charge is -2.32. The molecule has 0 bridgehead atoms. The highest BCUT2D eigenvalue weighted by Gasteiger charge is 2.74. The maximum Gasteiger partial charge on any atom is 0.431 e. The lowest BCUT2D eigenvalue weighted by molar-refractivity contribution is -0.354. The molecule has 0 aliphatic rings. The summed E-state index contributed by atoms with van der Waals surface area (Å²) in [7, 11) is 0. The van der Waals surface area contributed by atoms with E-state index in [1.807, 2.05) is 0 Å². The third-order valence-corrected chi connectivity index (χ3v) is 1.88. The third-order valence-electron chi connectivity index (χ3n) is 1.88. The summed E-state index contributed by atoms with van der Waals surface area (Å²) in [6, 6.07) is 0. The van der Waals surface area contributed by atoms with Crippen LogP contribution in [0.3, 0.4) is 0 Å². The first kappa shape index (κ1) is 16.3. The molecule has 17 heavy (non-hydrogen) atoms. The van der Waals surface area contributed by atoms with Gasteiger partial charge in [0.05, 0.1) is 6.42 Å².